The maximum Gasteiger partial charge on any atom is 0.326 e. The zero-order valence-corrected chi connectivity index (χ0v) is 10.6. The minimum atomic E-state index is -1.15. The summed E-state index contributed by atoms with van der Waals surface area (Å²) in [6.45, 7) is 5.47. The van der Waals surface area contributed by atoms with Crippen LogP contribution in [0.1, 0.15) is 40.0 Å². The minimum absolute atomic E-state index is 0.00302. The van der Waals surface area contributed by atoms with E-state index >= 15 is 0 Å². The van der Waals surface area contributed by atoms with Crippen LogP contribution >= 0.6 is 0 Å². The van der Waals surface area contributed by atoms with E-state index in [-0.39, 0.29) is 18.6 Å². The molecule has 0 aliphatic rings. The second-order valence-electron chi connectivity index (χ2n) is 4.64. The van der Waals surface area contributed by atoms with E-state index in [2.05, 4.69) is 10.6 Å². The molecule has 0 heterocycles. The van der Waals surface area contributed by atoms with E-state index in [1.165, 1.54) is 0 Å². The van der Waals surface area contributed by atoms with Crippen molar-refractivity contribution in [3.63, 3.8) is 0 Å². The Morgan fingerprint density at radius 3 is 2.35 bits per heavy atom. The lowest BCUT2D eigenvalue weighted by atomic mass is 9.99. The molecule has 0 aromatic carbocycles. The lowest BCUT2D eigenvalue weighted by molar-refractivity contribution is -0.139. The van der Waals surface area contributed by atoms with Gasteiger partial charge in [-0.15, -0.1) is 0 Å². The van der Waals surface area contributed by atoms with Gasteiger partial charge in [0.05, 0.1) is 0 Å². The highest BCUT2D eigenvalue weighted by molar-refractivity contribution is 5.82. The summed E-state index contributed by atoms with van der Waals surface area (Å²) in [6.07, 6.45) is 1.72. The van der Waals surface area contributed by atoms with Crippen molar-refractivity contribution < 1.29 is 19.8 Å². The predicted molar refractivity (Wildman–Crippen MR) is 63.8 cm³/mol. The first-order valence-corrected chi connectivity index (χ1v) is 5.74. The molecule has 0 saturated heterocycles. The van der Waals surface area contributed by atoms with Gasteiger partial charge in [0.1, 0.15) is 6.04 Å². The smallest absolute Gasteiger partial charge is 0.326 e. The molecular weight excluding hydrogens is 224 g/mol. The molecule has 1 unspecified atom stereocenters. The van der Waals surface area contributed by atoms with Crippen molar-refractivity contribution in [3.05, 3.63) is 0 Å². The summed E-state index contributed by atoms with van der Waals surface area (Å²) in [7, 11) is 0. The van der Waals surface area contributed by atoms with Gasteiger partial charge in [0, 0.05) is 18.6 Å². The third kappa shape index (κ3) is 6.78. The van der Waals surface area contributed by atoms with Crippen molar-refractivity contribution >= 4 is 12.0 Å². The van der Waals surface area contributed by atoms with Crippen LogP contribution in [0, 0.1) is 0 Å². The summed E-state index contributed by atoms with van der Waals surface area (Å²) < 4.78 is 0. The summed E-state index contributed by atoms with van der Waals surface area (Å²) in [4.78, 5) is 22.3. The van der Waals surface area contributed by atoms with Crippen LogP contribution in [-0.4, -0.2) is 40.4 Å². The fourth-order valence-electron chi connectivity index (χ4n) is 1.58. The molecule has 4 N–H and O–H groups in total. The highest BCUT2D eigenvalue weighted by Gasteiger charge is 2.23. The molecule has 0 aliphatic heterocycles. The van der Waals surface area contributed by atoms with Crippen LogP contribution in [0.25, 0.3) is 0 Å². The molecule has 0 aromatic heterocycles. The monoisotopic (exact) mass is 246 g/mol. The number of nitrogens with one attached hydrogen (secondary N) is 2. The molecule has 17 heavy (non-hydrogen) atoms. The SMILES string of the molecule is CCCC(C)(C)NC(=O)NC(CCO)C(=O)O. The molecule has 0 aromatic rings. The van der Waals surface area contributed by atoms with Crippen molar-refractivity contribution in [1.82, 2.24) is 10.6 Å². The number of carboxylic acids is 1. The molecule has 1 atom stereocenters. The summed E-state index contributed by atoms with van der Waals surface area (Å²) in [5.41, 5.74) is -0.374. The number of carbonyl (C=O) groups excluding carboxylic acids is 1. The zero-order valence-electron chi connectivity index (χ0n) is 10.6. The van der Waals surface area contributed by atoms with Crippen molar-refractivity contribution in [2.24, 2.45) is 0 Å². The first-order chi connectivity index (χ1) is 7.82. The van der Waals surface area contributed by atoms with E-state index in [0.717, 1.165) is 12.8 Å². The van der Waals surface area contributed by atoms with Gasteiger partial charge in [-0.2, -0.15) is 0 Å². The van der Waals surface area contributed by atoms with Crippen LogP contribution in [0.2, 0.25) is 0 Å². The molecule has 0 radical (unpaired) electrons. The maximum absolute atomic E-state index is 11.6. The first kappa shape index (κ1) is 15.7. The zero-order chi connectivity index (χ0) is 13.5. The van der Waals surface area contributed by atoms with Crippen LogP contribution in [0.15, 0.2) is 0 Å². The summed E-state index contributed by atoms with van der Waals surface area (Å²) in [6, 6.07) is -1.58. The second kappa shape index (κ2) is 7.11. The van der Waals surface area contributed by atoms with Gasteiger partial charge >= 0.3 is 12.0 Å². The Kier molecular flexibility index (Phi) is 6.57. The molecule has 6 nitrogen and oxygen atoms in total. The number of aliphatic carboxylic acids is 1. The average molecular weight is 246 g/mol. The topological polar surface area (TPSA) is 98.7 Å². The van der Waals surface area contributed by atoms with Gasteiger partial charge in [0.15, 0.2) is 0 Å². The normalized spacial score (nSPS) is 12.9. The molecule has 0 saturated carbocycles. The van der Waals surface area contributed by atoms with Gasteiger partial charge in [-0.05, 0) is 20.3 Å². The van der Waals surface area contributed by atoms with Crippen LogP contribution in [-0.2, 0) is 4.79 Å². The first-order valence-electron chi connectivity index (χ1n) is 5.74. The molecular formula is C11H22N2O4. The van der Waals surface area contributed by atoms with Crippen LogP contribution < -0.4 is 10.6 Å². The van der Waals surface area contributed by atoms with E-state index in [9.17, 15) is 9.59 Å². The number of rotatable bonds is 7. The molecule has 2 amide bonds. The highest BCUT2D eigenvalue weighted by atomic mass is 16.4. The number of aliphatic hydroxyl groups is 1. The van der Waals surface area contributed by atoms with Gasteiger partial charge in [-0.1, -0.05) is 13.3 Å². The Balaban J connectivity index is 4.27. The summed E-state index contributed by atoms with van der Waals surface area (Å²) >= 11 is 0. The fraction of sp³-hybridized carbons (Fsp3) is 0.818. The van der Waals surface area contributed by atoms with Crippen LogP contribution in [0.5, 0.6) is 0 Å². The Hall–Kier alpha value is -1.30. The van der Waals surface area contributed by atoms with E-state index in [0.29, 0.717) is 0 Å². The Labute approximate surface area is 101 Å². The highest BCUT2D eigenvalue weighted by Crippen LogP contribution is 2.10. The van der Waals surface area contributed by atoms with Gasteiger partial charge in [-0.3, -0.25) is 0 Å². The van der Waals surface area contributed by atoms with Crippen molar-refractivity contribution in [2.45, 2.75) is 51.6 Å². The lowest BCUT2D eigenvalue weighted by Gasteiger charge is -2.26. The number of aliphatic hydroxyl groups excluding tert-OH is 1. The summed E-state index contributed by atoms with van der Waals surface area (Å²) in [5, 5.41) is 22.5. The molecule has 0 aliphatic carbocycles. The van der Waals surface area contributed by atoms with Crippen LogP contribution in [0.4, 0.5) is 4.79 Å². The molecule has 100 valence electrons. The average Bonchev–Trinajstić information content (AvgIpc) is 2.15. The standard InChI is InChI=1S/C11H22N2O4/c1-4-6-11(2,3)13-10(17)12-8(5-7-14)9(15)16/h8,14H,4-7H2,1-3H3,(H,15,16)(H2,12,13,17). The van der Waals surface area contributed by atoms with Gasteiger partial charge in [0.25, 0.3) is 0 Å². The third-order valence-corrected chi connectivity index (χ3v) is 2.35. The van der Waals surface area contributed by atoms with E-state index in [1.807, 2.05) is 20.8 Å². The Morgan fingerprint density at radius 1 is 1.35 bits per heavy atom. The fourth-order valence-corrected chi connectivity index (χ4v) is 1.58. The lowest BCUT2D eigenvalue weighted by Crippen LogP contribution is -2.52. The number of hydrogen-bond donors (Lipinski definition) is 4. The number of hydrogen-bond acceptors (Lipinski definition) is 3. The summed E-state index contributed by atoms with van der Waals surface area (Å²) in [5.74, 6) is -1.15. The largest absolute Gasteiger partial charge is 0.480 e. The van der Waals surface area contributed by atoms with Crippen molar-refractivity contribution in [2.75, 3.05) is 6.61 Å². The van der Waals surface area contributed by atoms with E-state index in [4.69, 9.17) is 10.2 Å². The van der Waals surface area contributed by atoms with Gasteiger partial charge in [0.2, 0.25) is 0 Å². The van der Waals surface area contributed by atoms with E-state index in [1.54, 1.807) is 0 Å². The third-order valence-electron chi connectivity index (χ3n) is 2.35. The number of urea groups is 1. The molecule has 0 spiro atoms. The quantitative estimate of drug-likeness (QED) is 0.531. The van der Waals surface area contributed by atoms with Crippen molar-refractivity contribution in [1.29, 1.82) is 0 Å². The van der Waals surface area contributed by atoms with Crippen molar-refractivity contribution in [3.8, 4) is 0 Å². The number of carbonyl (C=O) groups is 2. The molecule has 0 fully saturated rings. The molecule has 6 heteroatoms. The van der Waals surface area contributed by atoms with Gasteiger partial charge in [-0.25, -0.2) is 9.59 Å². The molecule has 0 rings (SSSR count). The Bertz CT molecular complexity index is 266. The molecule has 0 bridgehead atoms. The van der Waals surface area contributed by atoms with Crippen LogP contribution in [0.3, 0.4) is 0 Å². The Morgan fingerprint density at radius 2 is 1.94 bits per heavy atom. The maximum atomic E-state index is 11.6. The van der Waals surface area contributed by atoms with Gasteiger partial charge < -0.3 is 20.8 Å². The number of amides is 2. The minimum Gasteiger partial charge on any atom is -0.480 e. The predicted octanol–water partition coefficient (Wildman–Crippen LogP) is 0.700. The number of carboxylic acid groups (broad SMARTS) is 1. The second-order valence-corrected chi connectivity index (χ2v) is 4.64. The van der Waals surface area contributed by atoms with E-state index < -0.39 is 18.0 Å².